The molecule has 0 atom stereocenters. The van der Waals surface area contributed by atoms with Crippen LogP contribution in [0.5, 0.6) is 0 Å². The van der Waals surface area contributed by atoms with Gasteiger partial charge in [0.15, 0.2) is 8.07 Å². The quantitative estimate of drug-likeness (QED) is 0.101. The molecule has 0 aliphatic carbocycles. The van der Waals surface area contributed by atoms with Crippen LogP contribution in [0.4, 0.5) is 0 Å². The molecule has 0 unspecified atom stereocenters. The lowest BCUT2D eigenvalue weighted by Crippen LogP contribution is -2.74. The van der Waals surface area contributed by atoms with Crippen LogP contribution in [0.2, 0.25) is 0 Å². The van der Waals surface area contributed by atoms with Crippen LogP contribution in [-0.4, -0.2) is 21.8 Å². The van der Waals surface area contributed by atoms with E-state index in [0.29, 0.717) is 0 Å². The zero-order chi connectivity index (χ0) is 50.2. The fraction of sp³-hybridized carbons (Fsp3) is 0. The molecule has 0 radical (unpaired) electrons. The number of hydrogen-bond acceptors (Lipinski definition) is 0. The van der Waals surface area contributed by atoms with E-state index < -0.39 is 8.07 Å². The lowest BCUT2D eigenvalue weighted by atomic mass is 9.92. The van der Waals surface area contributed by atoms with Gasteiger partial charge >= 0.3 is 0 Å². The molecule has 0 N–H and O–H groups in total. The van der Waals surface area contributed by atoms with Gasteiger partial charge in [-0.1, -0.05) is 224 Å². The largest absolute Gasteiger partial charge is 0.309 e. The minimum absolute atomic E-state index is 1.13. The van der Waals surface area contributed by atoms with Gasteiger partial charge in [0.25, 0.3) is 0 Å². The van der Waals surface area contributed by atoms with Crippen molar-refractivity contribution in [2.75, 3.05) is 0 Å². The number of aromatic nitrogens is 3. The van der Waals surface area contributed by atoms with Crippen LogP contribution in [-0.2, 0) is 0 Å². The summed E-state index contributed by atoms with van der Waals surface area (Å²) in [6, 6.07) is 110. The first-order valence-corrected chi connectivity index (χ1v) is 28.3. The van der Waals surface area contributed by atoms with Gasteiger partial charge < -0.3 is 13.7 Å². The predicted molar refractivity (Wildman–Crippen MR) is 324 cm³/mol. The number of benzene rings is 12. The summed E-state index contributed by atoms with van der Waals surface area (Å²) in [7, 11) is -3.04. The third-order valence-corrected chi connectivity index (χ3v) is 20.7. The molecule has 0 saturated heterocycles. The highest BCUT2D eigenvalue weighted by Crippen LogP contribution is 2.43. The zero-order valence-corrected chi connectivity index (χ0v) is 42.6. The Bertz CT molecular complexity index is 4610. The molecular weight excluding hydrogens is 935 g/mol. The van der Waals surface area contributed by atoms with Crippen LogP contribution < -0.4 is 20.7 Å². The highest BCUT2D eigenvalue weighted by molar-refractivity contribution is 7.20. The maximum atomic E-state index is 2.50. The first kappa shape index (κ1) is 43.8. The first-order chi connectivity index (χ1) is 37.7. The Hall–Kier alpha value is -9.74. The van der Waals surface area contributed by atoms with Gasteiger partial charge in [0, 0.05) is 49.4 Å². The Morgan fingerprint density at radius 3 is 1.14 bits per heavy atom. The second-order valence-electron chi connectivity index (χ2n) is 20.0. The molecule has 0 fully saturated rings. The molecule has 12 aromatic carbocycles. The summed E-state index contributed by atoms with van der Waals surface area (Å²) in [6.07, 6.45) is 0. The van der Waals surface area contributed by atoms with Crippen molar-refractivity contribution < 1.29 is 0 Å². The van der Waals surface area contributed by atoms with Crippen molar-refractivity contribution in [1.29, 1.82) is 0 Å². The second-order valence-corrected chi connectivity index (χ2v) is 23.8. The summed E-state index contributed by atoms with van der Waals surface area (Å²) in [6.45, 7) is 0. The minimum atomic E-state index is -3.04. The van der Waals surface area contributed by atoms with E-state index in [1.54, 1.807) is 0 Å². The monoisotopic (exact) mass is 983 g/mol. The smallest absolute Gasteiger partial charge is 0.179 e. The van der Waals surface area contributed by atoms with Crippen LogP contribution in [0, 0.1) is 0 Å². The van der Waals surface area contributed by atoms with Gasteiger partial charge in [0.1, 0.15) is 0 Å². The van der Waals surface area contributed by atoms with Crippen LogP contribution in [0.25, 0.3) is 105 Å². The van der Waals surface area contributed by atoms with E-state index in [4.69, 9.17) is 0 Å². The molecule has 3 heterocycles. The predicted octanol–water partition coefficient (Wildman–Crippen LogP) is 15.7. The van der Waals surface area contributed by atoms with Crippen molar-refractivity contribution in [2.45, 2.75) is 0 Å². The molecule has 15 rings (SSSR count). The molecule has 0 aliphatic rings. The molecule has 0 spiro atoms. The van der Waals surface area contributed by atoms with E-state index in [0.717, 1.165) is 17.1 Å². The number of para-hydroxylation sites is 4. The normalized spacial score (nSPS) is 11.9. The fourth-order valence-electron chi connectivity index (χ4n) is 12.8. The summed E-state index contributed by atoms with van der Waals surface area (Å²) in [4.78, 5) is 0. The van der Waals surface area contributed by atoms with Crippen molar-refractivity contribution in [2.24, 2.45) is 0 Å². The number of fused-ring (bicyclic) bond motifs is 9. The molecule has 76 heavy (non-hydrogen) atoms. The molecule has 15 aromatic rings. The second kappa shape index (κ2) is 17.7. The molecule has 4 heteroatoms. The topological polar surface area (TPSA) is 14.8 Å². The van der Waals surface area contributed by atoms with Crippen molar-refractivity contribution in [3.8, 4) is 39.3 Å². The number of hydrogen-bond donors (Lipinski definition) is 0. The van der Waals surface area contributed by atoms with Gasteiger partial charge in [-0.15, -0.1) is 0 Å². The Morgan fingerprint density at radius 1 is 0.211 bits per heavy atom. The summed E-state index contributed by atoms with van der Waals surface area (Å²) < 4.78 is 7.42. The maximum absolute atomic E-state index is 3.04. The Morgan fingerprint density at radius 2 is 0.579 bits per heavy atom. The van der Waals surface area contributed by atoms with Crippen LogP contribution in [0.1, 0.15) is 0 Å². The van der Waals surface area contributed by atoms with Gasteiger partial charge in [-0.3, -0.25) is 0 Å². The van der Waals surface area contributed by atoms with Gasteiger partial charge in [0.05, 0.1) is 33.1 Å². The molecular formula is C72H49N3Si. The standard InChI is InChI=1S/C72H49N3Si/c1-4-23-50(24-5-1)58-33-10-11-34-59(58)63-39-22-44-71-72(63)64-38-15-19-43-69(64)75(71)53-45-46-70-65(49-53)62-37-14-18-42-68(62)74(70)52-26-21-32-57(48-52)76(54-27-6-2-7-28-54,55-29-8-3-9-30-55)56-31-20-25-51(47-56)73-66-40-16-12-35-60(66)61-36-13-17-41-67(61)73/h1-49H. The molecule has 0 saturated carbocycles. The van der Waals surface area contributed by atoms with Crippen LogP contribution in [0.15, 0.2) is 297 Å². The van der Waals surface area contributed by atoms with Crippen molar-refractivity contribution in [3.63, 3.8) is 0 Å². The molecule has 3 aromatic heterocycles. The Kier molecular flexibility index (Phi) is 10.2. The Balaban J connectivity index is 0.933. The van der Waals surface area contributed by atoms with E-state index >= 15 is 0 Å². The molecule has 3 nitrogen and oxygen atoms in total. The van der Waals surface area contributed by atoms with Gasteiger partial charge in [-0.25, -0.2) is 0 Å². The SMILES string of the molecule is c1ccc(-c2ccccc2-c2cccc3c2c2ccccc2n3-c2ccc3c(c2)c2ccccc2n3-c2cccc([Si](c3ccccc3)(c3ccccc3)c3cccc(-n4c5ccccc5c5ccccc54)c3)c2)cc1. The van der Waals surface area contributed by atoms with E-state index in [2.05, 4.69) is 311 Å². The molecule has 356 valence electrons. The average Bonchev–Trinajstić information content (AvgIpc) is 4.15. The van der Waals surface area contributed by atoms with E-state index in [-0.39, 0.29) is 0 Å². The van der Waals surface area contributed by atoms with Gasteiger partial charge in [-0.2, -0.15) is 0 Å². The van der Waals surface area contributed by atoms with Gasteiger partial charge in [-0.05, 0) is 116 Å². The van der Waals surface area contributed by atoms with Gasteiger partial charge in [0.2, 0.25) is 0 Å². The molecule has 0 bridgehead atoms. The van der Waals surface area contributed by atoms with E-state index in [1.165, 1.54) is 108 Å². The summed E-state index contributed by atoms with van der Waals surface area (Å²) in [5.74, 6) is 0. The van der Waals surface area contributed by atoms with Crippen molar-refractivity contribution >= 4 is 94.2 Å². The highest BCUT2D eigenvalue weighted by atomic mass is 28.3. The van der Waals surface area contributed by atoms with Crippen LogP contribution >= 0.6 is 0 Å². The number of rotatable bonds is 9. The van der Waals surface area contributed by atoms with Crippen molar-refractivity contribution in [1.82, 2.24) is 13.7 Å². The van der Waals surface area contributed by atoms with Crippen molar-refractivity contribution in [3.05, 3.63) is 297 Å². The fourth-order valence-corrected chi connectivity index (χ4v) is 17.6. The summed E-state index contributed by atoms with van der Waals surface area (Å²) >= 11 is 0. The summed E-state index contributed by atoms with van der Waals surface area (Å²) in [5.41, 5.74) is 15.4. The number of nitrogens with zero attached hydrogens (tertiary/aromatic N) is 3. The zero-order valence-electron chi connectivity index (χ0n) is 41.6. The lowest BCUT2D eigenvalue weighted by Gasteiger charge is -2.35. The minimum Gasteiger partial charge on any atom is -0.309 e. The van der Waals surface area contributed by atoms with E-state index in [9.17, 15) is 0 Å². The molecule has 0 aliphatic heterocycles. The third kappa shape index (κ3) is 6.68. The highest BCUT2D eigenvalue weighted by Gasteiger charge is 2.42. The maximum Gasteiger partial charge on any atom is 0.179 e. The summed E-state index contributed by atoms with van der Waals surface area (Å²) in [5, 5.41) is 12.8. The Labute approximate surface area is 442 Å². The van der Waals surface area contributed by atoms with E-state index in [1.807, 2.05) is 0 Å². The first-order valence-electron chi connectivity index (χ1n) is 26.3. The molecule has 0 amide bonds. The average molecular weight is 984 g/mol. The van der Waals surface area contributed by atoms with Crippen LogP contribution in [0.3, 0.4) is 0 Å². The third-order valence-electron chi connectivity index (χ3n) is 16.0. The lowest BCUT2D eigenvalue weighted by molar-refractivity contribution is 1.17.